The summed E-state index contributed by atoms with van der Waals surface area (Å²) in [6.45, 7) is -1.30. The van der Waals surface area contributed by atoms with Crippen LogP contribution >= 0.6 is 7.82 Å². The van der Waals surface area contributed by atoms with E-state index in [-0.39, 0.29) is 29.2 Å². The minimum Gasteiger partial charge on any atom is -0.382 e. The van der Waals surface area contributed by atoms with Gasteiger partial charge in [-0.2, -0.15) is 18.1 Å². The fourth-order valence-corrected chi connectivity index (χ4v) is 7.19. The van der Waals surface area contributed by atoms with Gasteiger partial charge in [0.05, 0.1) is 19.3 Å². The summed E-state index contributed by atoms with van der Waals surface area (Å²) in [4.78, 5) is 47.6. The molecule has 20 nitrogen and oxygen atoms in total. The topological polar surface area (TPSA) is 257 Å². The number of rotatable bonds is 2. The second kappa shape index (κ2) is 10.4. The van der Waals surface area contributed by atoms with E-state index in [2.05, 4.69) is 34.7 Å². The molecule has 0 bridgehead atoms. The Bertz CT molecular complexity index is 1720. The number of anilines is 1. The molecule has 0 aromatic carbocycles. The Hall–Kier alpha value is -3.34. The number of aliphatic imine (C=N–C) groups is 3. The van der Waals surface area contributed by atoms with Gasteiger partial charge in [-0.05, 0) is 0 Å². The molecule has 3 saturated heterocycles. The number of nitrogens with zero attached hydrogens (tertiary/aromatic N) is 8. The number of amides is 1. The fourth-order valence-electron chi connectivity index (χ4n) is 5.27. The van der Waals surface area contributed by atoms with Gasteiger partial charge in [0.15, 0.2) is 29.9 Å². The normalized spacial score (nSPS) is 39.2. The van der Waals surface area contributed by atoms with E-state index in [0.29, 0.717) is 0 Å². The molecule has 2 unspecified atom stereocenters. The van der Waals surface area contributed by atoms with E-state index in [4.69, 9.17) is 28.4 Å². The van der Waals surface area contributed by atoms with Gasteiger partial charge in [0.1, 0.15) is 54.7 Å². The Morgan fingerprint density at radius 3 is 2.86 bits per heavy atom. The third-order valence-corrected chi connectivity index (χ3v) is 9.25. The summed E-state index contributed by atoms with van der Waals surface area (Å²) in [7, 11) is -9.52. The first-order chi connectivity index (χ1) is 20.5. The summed E-state index contributed by atoms with van der Waals surface area (Å²) < 4.78 is 85.4. The van der Waals surface area contributed by atoms with Gasteiger partial charge in [-0.25, -0.2) is 28.9 Å². The summed E-state index contributed by atoms with van der Waals surface area (Å²) >= 11 is 0. The largest absolute Gasteiger partial charge is 0.472 e. The van der Waals surface area contributed by atoms with E-state index in [0.717, 1.165) is 12.7 Å². The molecule has 3 fully saturated rings. The van der Waals surface area contributed by atoms with Crippen molar-refractivity contribution in [3.05, 3.63) is 12.7 Å². The van der Waals surface area contributed by atoms with Crippen LogP contribution in [0.1, 0.15) is 12.6 Å². The van der Waals surface area contributed by atoms with E-state index in [1.807, 2.05) is 0 Å². The number of carbonyl (C=O) groups excluding carboxylic acids is 1. The van der Waals surface area contributed by atoms with E-state index in [9.17, 15) is 22.7 Å². The van der Waals surface area contributed by atoms with Gasteiger partial charge in [-0.15, -0.1) is 0 Å². The number of aromatic nitrogens is 4. The van der Waals surface area contributed by atoms with Gasteiger partial charge >= 0.3 is 18.1 Å². The van der Waals surface area contributed by atoms with Crippen LogP contribution in [-0.4, -0.2) is 118 Å². The Labute approximate surface area is 240 Å². The van der Waals surface area contributed by atoms with Crippen LogP contribution in [0.5, 0.6) is 0 Å². The number of nitrogens with two attached hydrogens (primary N) is 1. The SMILES string of the molecule is Nc1ncnc2c1ncn2[C@@H]1O[C@@H]2CNS(=O)(=O)O[C@H]3C[C@H](N4C=NC5C(=O)N=CN=C54)O[C@@H]3COP(=O)(O)O[C@H]2[C@H]1F. The Morgan fingerprint density at radius 1 is 1.19 bits per heavy atom. The van der Waals surface area contributed by atoms with Gasteiger partial charge < -0.3 is 20.1 Å². The summed E-state index contributed by atoms with van der Waals surface area (Å²) in [5.41, 5.74) is 6.07. The standard InChI is InChI=1S/C20H22FN10O10PS/c21-12-15-9(39-20(12)31-7-27-13-16(22)23-4-24-17(13)31)2-29-43(35,36)41-8-1-11(38-10(8)3-37-42(33,34)40-15)30-6-28-14-18(30)25-5-26-19(14)32/h4-12,14-15,20,29H,1-3H2,(H,33,34)(H2,22,23,24)/t8-,9+,10+,11+,12+,14?,15+,20+/m0/s1. The summed E-state index contributed by atoms with van der Waals surface area (Å²) in [6, 6.07) is -0.976. The molecule has 23 heteroatoms. The highest BCUT2D eigenvalue weighted by Crippen LogP contribution is 2.50. The molecule has 9 atom stereocenters. The first-order valence-electron chi connectivity index (χ1n) is 12.7. The molecule has 0 saturated carbocycles. The first-order valence-corrected chi connectivity index (χ1v) is 15.6. The monoisotopic (exact) mass is 644 g/mol. The Balaban J connectivity index is 1.12. The minimum atomic E-state index is -4.99. The Morgan fingerprint density at radius 2 is 2.02 bits per heavy atom. The molecule has 2 aromatic rings. The third kappa shape index (κ3) is 5.13. The number of carbonyl (C=O) groups is 1. The van der Waals surface area contributed by atoms with E-state index >= 15 is 4.39 Å². The second-order valence-corrected chi connectivity index (χ2v) is 12.7. The number of phosphoric ester groups is 1. The van der Waals surface area contributed by atoms with Crippen molar-refractivity contribution in [1.82, 2.24) is 29.1 Å². The lowest BCUT2D eigenvalue weighted by molar-refractivity contribution is -0.117. The third-order valence-electron chi connectivity index (χ3n) is 7.25. The summed E-state index contributed by atoms with van der Waals surface area (Å²) in [5, 5.41) is 0. The van der Waals surface area contributed by atoms with Crippen molar-refractivity contribution in [1.29, 1.82) is 0 Å². The van der Waals surface area contributed by atoms with Crippen LogP contribution in [0.3, 0.4) is 0 Å². The molecule has 1 amide bonds. The highest BCUT2D eigenvalue weighted by atomic mass is 32.2. The fraction of sp³-hybridized carbons (Fsp3) is 0.550. The van der Waals surface area contributed by atoms with E-state index in [1.54, 1.807) is 0 Å². The van der Waals surface area contributed by atoms with Gasteiger partial charge in [-0.1, -0.05) is 0 Å². The van der Waals surface area contributed by atoms with Crippen LogP contribution in [0.4, 0.5) is 10.2 Å². The number of ether oxygens (including phenoxy) is 2. The van der Waals surface area contributed by atoms with Crippen LogP contribution in [0.2, 0.25) is 0 Å². The van der Waals surface area contributed by atoms with E-state index in [1.165, 1.54) is 22.1 Å². The van der Waals surface area contributed by atoms with Gasteiger partial charge in [0.2, 0.25) is 0 Å². The molecule has 230 valence electrons. The molecule has 5 aliphatic heterocycles. The van der Waals surface area contributed by atoms with Crippen LogP contribution in [0, 0.1) is 0 Å². The van der Waals surface area contributed by atoms with Crippen molar-refractivity contribution in [2.75, 3.05) is 18.9 Å². The number of phosphoric acid groups is 1. The van der Waals surface area contributed by atoms with Crippen LogP contribution in [0.15, 0.2) is 27.6 Å². The lowest BCUT2D eigenvalue weighted by Crippen LogP contribution is -2.43. The number of hydrogen-bond acceptors (Lipinski definition) is 16. The first kappa shape index (κ1) is 28.4. The number of hydrogen-bond donors (Lipinski definition) is 3. The zero-order valence-electron chi connectivity index (χ0n) is 21.6. The predicted molar refractivity (Wildman–Crippen MR) is 139 cm³/mol. The molecule has 0 spiro atoms. The molecule has 5 aliphatic rings. The summed E-state index contributed by atoms with van der Waals surface area (Å²) in [6.07, 6.45) is -5.66. The van der Waals surface area contributed by atoms with Gasteiger partial charge in [0, 0.05) is 13.0 Å². The van der Waals surface area contributed by atoms with Crippen LogP contribution < -0.4 is 10.5 Å². The van der Waals surface area contributed by atoms with Crippen molar-refractivity contribution in [2.24, 2.45) is 15.0 Å². The van der Waals surface area contributed by atoms with Crippen molar-refractivity contribution >= 4 is 59.5 Å². The number of halogens is 1. The van der Waals surface area contributed by atoms with Crippen molar-refractivity contribution in [2.45, 2.75) is 55.5 Å². The molecule has 7 heterocycles. The number of imidazole rings is 1. The molecular weight excluding hydrogens is 622 g/mol. The van der Waals surface area contributed by atoms with Crippen molar-refractivity contribution < 1.29 is 49.8 Å². The number of nitrogen functional groups attached to an aromatic ring is 1. The van der Waals surface area contributed by atoms with Gasteiger partial charge in [-0.3, -0.25) is 32.5 Å². The maximum Gasteiger partial charge on any atom is 0.472 e. The highest BCUT2D eigenvalue weighted by molar-refractivity contribution is 7.84. The molecule has 2 aromatic heterocycles. The second-order valence-electron chi connectivity index (χ2n) is 9.87. The average Bonchev–Trinajstić information content (AvgIpc) is 3.72. The Kier molecular flexibility index (Phi) is 6.87. The lowest BCUT2D eigenvalue weighted by atomic mass is 10.1. The molecular formula is C20H22FN10O10PS. The molecule has 43 heavy (non-hydrogen) atoms. The number of fused-ring (bicyclic) bond motifs is 4. The quantitative estimate of drug-likeness (QED) is 0.304. The van der Waals surface area contributed by atoms with Crippen molar-refractivity contribution in [3.63, 3.8) is 0 Å². The zero-order valence-corrected chi connectivity index (χ0v) is 23.3. The molecule has 0 radical (unpaired) electrons. The smallest absolute Gasteiger partial charge is 0.382 e. The van der Waals surface area contributed by atoms with Crippen LogP contribution in [-0.2, 0) is 42.4 Å². The predicted octanol–water partition coefficient (Wildman–Crippen LogP) is -1.83. The minimum absolute atomic E-state index is 0.0268. The van der Waals surface area contributed by atoms with Crippen molar-refractivity contribution in [3.8, 4) is 0 Å². The lowest BCUT2D eigenvalue weighted by Gasteiger charge is -2.26. The summed E-state index contributed by atoms with van der Waals surface area (Å²) in [5.74, 6) is -0.314. The van der Waals surface area contributed by atoms with Crippen LogP contribution in [0.25, 0.3) is 11.2 Å². The maximum absolute atomic E-state index is 15.8. The van der Waals surface area contributed by atoms with Gasteiger partial charge in [0.25, 0.3) is 5.91 Å². The maximum atomic E-state index is 15.8. The number of amidine groups is 1. The molecule has 4 N–H and O–H groups in total. The molecule has 7 rings (SSSR count). The number of alkyl halides is 1. The zero-order chi connectivity index (χ0) is 30.1. The average molecular weight is 644 g/mol. The molecule has 0 aliphatic carbocycles. The number of nitrogens with one attached hydrogen (secondary N) is 1. The van der Waals surface area contributed by atoms with E-state index < -0.39 is 86.3 Å². The highest BCUT2D eigenvalue weighted by Gasteiger charge is 2.52.